The van der Waals surface area contributed by atoms with Crippen LogP contribution in [0.3, 0.4) is 0 Å². The van der Waals surface area contributed by atoms with Crippen LogP contribution in [0.4, 0.5) is 15.2 Å². The van der Waals surface area contributed by atoms with Crippen molar-refractivity contribution in [1.82, 2.24) is 10.3 Å². The van der Waals surface area contributed by atoms with Crippen molar-refractivity contribution in [3.63, 3.8) is 0 Å². The lowest BCUT2D eigenvalue weighted by Crippen LogP contribution is -2.53. The van der Waals surface area contributed by atoms with E-state index >= 15 is 0 Å². The van der Waals surface area contributed by atoms with Crippen molar-refractivity contribution in [2.24, 2.45) is 23.2 Å². The van der Waals surface area contributed by atoms with Crippen molar-refractivity contribution in [3.05, 3.63) is 40.7 Å². The standard InChI is InChI=1S/C25H32FN3O2S/c1-13(23(31)27-16-8-9-16)18-10-11-25(3)12-19-21(14(2)20(25)22(18)30)29-24(32-19)28-17-6-4-15(26)5-7-17/h4-7,13-14,16,18,20,22,30H,8-12H2,1-3H3,(H,27,31)(H,28,29). The van der Waals surface area contributed by atoms with Gasteiger partial charge in [-0.2, -0.15) is 0 Å². The van der Waals surface area contributed by atoms with Gasteiger partial charge in [0.05, 0.1) is 11.8 Å². The lowest BCUT2D eigenvalue weighted by Gasteiger charge is -2.53. The lowest BCUT2D eigenvalue weighted by atomic mass is 9.53. The maximum absolute atomic E-state index is 13.2. The van der Waals surface area contributed by atoms with E-state index < -0.39 is 6.10 Å². The van der Waals surface area contributed by atoms with E-state index in [0.717, 1.165) is 48.6 Å². The molecule has 0 bridgehead atoms. The van der Waals surface area contributed by atoms with Gasteiger partial charge in [-0.3, -0.25) is 4.79 Å². The van der Waals surface area contributed by atoms with Gasteiger partial charge in [-0.05, 0) is 73.6 Å². The maximum Gasteiger partial charge on any atom is 0.223 e. The second-order valence-corrected chi connectivity index (χ2v) is 11.5. The average Bonchev–Trinajstić information content (AvgIpc) is 3.47. The molecular formula is C25H32FN3O2S. The largest absolute Gasteiger partial charge is 0.392 e. The zero-order valence-corrected chi connectivity index (χ0v) is 19.7. The van der Waals surface area contributed by atoms with E-state index in [0.29, 0.717) is 6.04 Å². The molecule has 1 heterocycles. The number of aliphatic hydroxyl groups excluding tert-OH is 1. The number of amides is 1. The summed E-state index contributed by atoms with van der Waals surface area (Å²) in [4.78, 5) is 18.8. The van der Waals surface area contributed by atoms with E-state index in [-0.39, 0.29) is 40.8 Å². The van der Waals surface area contributed by atoms with Gasteiger partial charge in [-0.1, -0.05) is 20.8 Å². The molecule has 172 valence electrons. The number of rotatable bonds is 5. The highest BCUT2D eigenvalue weighted by molar-refractivity contribution is 7.15. The molecule has 0 radical (unpaired) electrons. The highest BCUT2D eigenvalue weighted by Gasteiger charge is 2.54. The molecule has 5 nitrogen and oxygen atoms in total. The van der Waals surface area contributed by atoms with Crippen molar-refractivity contribution in [3.8, 4) is 0 Å². The summed E-state index contributed by atoms with van der Waals surface area (Å²) in [6.45, 7) is 6.43. The molecule has 3 aliphatic carbocycles. The molecule has 0 spiro atoms. The second kappa shape index (κ2) is 8.10. The molecule has 2 aromatic rings. The van der Waals surface area contributed by atoms with Gasteiger partial charge in [0.25, 0.3) is 0 Å². The highest BCUT2D eigenvalue weighted by atomic mass is 32.1. The molecule has 1 aromatic carbocycles. The molecule has 7 heteroatoms. The fourth-order valence-corrected chi connectivity index (χ4v) is 7.30. The number of carbonyl (C=O) groups is 1. The number of hydrogen-bond donors (Lipinski definition) is 3. The Hall–Kier alpha value is -1.99. The molecule has 0 saturated heterocycles. The van der Waals surface area contributed by atoms with E-state index in [9.17, 15) is 14.3 Å². The number of aliphatic hydroxyl groups is 1. The molecule has 1 amide bonds. The maximum atomic E-state index is 13.2. The molecule has 3 aliphatic rings. The average molecular weight is 458 g/mol. The molecule has 1 aromatic heterocycles. The third-order valence-corrected chi connectivity index (χ3v) is 8.98. The first-order valence-electron chi connectivity index (χ1n) is 11.8. The van der Waals surface area contributed by atoms with Crippen molar-refractivity contribution < 1.29 is 14.3 Å². The number of benzene rings is 1. The van der Waals surface area contributed by atoms with Crippen LogP contribution in [-0.2, 0) is 11.2 Å². The third kappa shape index (κ3) is 3.94. The lowest BCUT2D eigenvalue weighted by molar-refractivity contribution is -0.134. The van der Waals surface area contributed by atoms with Crippen LogP contribution in [0.2, 0.25) is 0 Å². The van der Waals surface area contributed by atoms with Gasteiger partial charge in [0.2, 0.25) is 5.91 Å². The first kappa shape index (κ1) is 21.8. The monoisotopic (exact) mass is 457 g/mol. The summed E-state index contributed by atoms with van der Waals surface area (Å²) in [5, 5.41) is 18.7. The molecule has 6 unspecified atom stereocenters. The van der Waals surface area contributed by atoms with Crippen LogP contribution in [-0.4, -0.2) is 28.1 Å². The summed E-state index contributed by atoms with van der Waals surface area (Å²) >= 11 is 1.66. The molecule has 0 aliphatic heterocycles. The fourth-order valence-electron chi connectivity index (χ4n) is 6.01. The number of nitrogens with zero attached hydrogens (tertiary/aromatic N) is 1. The zero-order valence-electron chi connectivity index (χ0n) is 18.9. The minimum atomic E-state index is -0.521. The number of halogens is 1. The van der Waals surface area contributed by atoms with E-state index in [2.05, 4.69) is 24.5 Å². The van der Waals surface area contributed by atoms with Crippen LogP contribution in [0.25, 0.3) is 0 Å². The Morgan fingerprint density at radius 1 is 1.28 bits per heavy atom. The number of fused-ring (bicyclic) bond motifs is 2. The molecule has 32 heavy (non-hydrogen) atoms. The van der Waals surface area contributed by atoms with Gasteiger partial charge in [-0.15, -0.1) is 11.3 Å². The van der Waals surface area contributed by atoms with Gasteiger partial charge >= 0.3 is 0 Å². The van der Waals surface area contributed by atoms with Gasteiger partial charge < -0.3 is 15.7 Å². The minimum absolute atomic E-state index is 0.00526. The Balaban J connectivity index is 1.36. The number of carbonyl (C=O) groups excluding carboxylic acids is 1. The number of anilines is 2. The Morgan fingerprint density at radius 3 is 2.69 bits per heavy atom. The molecule has 3 N–H and O–H groups in total. The summed E-state index contributed by atoms with van der Waals surface area (Å²) in [6, 6.07) is 6.63. The van der Waals surface area contributed by atoms with Crippen LogP contribution in [0.15, 0.2) is 24.3 Å². The highest BCUT2D eigenvalue weighted by Crippen LogP contribution is 2.57. The van der Waals surface area contributed by atoms with Crippen LogP contribution in [0.5, 0.6) is 0 Å². The van der Waals surface area contributed by atoms with E-state index in [1.165, 1.54) is 17.0 Å². The van der Waals surface area contributed by atoms with E-state index in [1.807, 2.05) is 6.92 Å². The topological polar surface area (TPSA) is 74.2 Å². The van der Waals surface area contributed by atoms with Crippen LogP contribution < -0.4 is 10.6 Å². The SMILES string of the molecule is CC(C(=O)NC1CC1)C1CCC2(C)Cc3sc(Nc4ccc(F)cc4)nc3C(C)C2C1O. The smallest absolute Gasteiger partial charge is 0.223 e. The summed E-state index contributed by atoms with van der Waals surface area (Å²) in [5.74, 6) is -0.195. The Kier molecular flexibility index (Phi) is 5.53. The van der Waals surface area contributed by atoms with Crippen LogP contribution in [0.1, 0.15) is 62.9 Å². The summed E-state index contributed by atoms with van der Waals surface area (Å²) in [7, 11) is 0. The van der Waals surface area contributed by atoms with Gasteiger partial charge in [0.15, 0.2) is 5.13 Å². The molecule has 6 atom stereocenters. The van der Waals surface area contributed by atoms with Gasteiger partial charge in [0.1, 0.15) is 5.82 Å². The number of hydrogen-bond acceptors (Lipinski definition) is 5. The summed E-state index contributed by atoms with van der Waals surface area (Å²) in [5.41, 5.74) is 1.86. The minimum Gasteiger partial charge on any atom is -0.392 e. The predicted molar refractivity (Wildman–Crippen MR) is 125 cm³/mol. The fraction of sp³-hybridized carbons (Fsp3) is 0.600. The van der Waals surface area contributed by atoms with Crippen LogP contribution >= 0.6 is 11.3 Å². The van der Waals surface area contributed by atoms with Crippen molar-refractivity contribution >= 4 is 28.1 Å². The number of aromatic nitrogens is 1. The Bertz CT molecular complexity index is 1010. The third-order valence-electron chi connectivity index (χ3n) is 8.00. The van der Waals surface area contributed by atoms with E-state index in [1.54, 1.807) is 23.5 Å². The quantitative estimate of drug-likeness (QED) is 0.591. The predicted octanol–water partition coefficient (Wildman–Crippen LogP) is 4.99. The van der Waals surface area contributed by atoms with Gasteiger partial charge in [-0.25, -0.2) is 9.37 Å². The molecule has 5 rings (SSSR count). The summed E-state index contributed by atoms with van der Waals surface area (Å²) in [6.07, 6.45) is 4.39. The molecular weight excluding hydrogens is 425 g/mol. The van der Waals surface area contributed by atoms with Gasteiger partial charge in [0, 0.05) is 28.4 Å². The van der Waals surface area contributed by atoms with Crippen LogP contribution in [0, 0.1) is 29.0 Å². The van der Waals surface area contributed by atoms with E-state index in [4.69, 9.17) is 4.98 Å². The van der Waals surface area contributed by atoms with Crippen molar-refractivity contribution in [1.29, 1.82) is 0 Å². The zero-order chi connectivity index (χ0) is 22.6. The normalized spacial score (nSPS) is 32.5. The molecule has 2 saturated carbocycles. The first-order chi connectivity index (χ1) is 15.2. The Labute approximate surface area is 192 Å². The second-order valence-electron chi connectivity index (χ2n) is 10.4. The first-order valence-corrected chi connectivity index (χ1v) is 12.6. The Morgan fingerprint density at radius 2 is 2.00 bits per heavy atom. The summed E-state index contributed by atoms with van der Waals surface area (Å²) < 4.78 is 13.2. The van der Waals surface area contributed by atoms with Crippen molar-refractivity contribution in [2.45, 2.75) is 70.9 Å². The number of nitrogens with one attached hydrogen (secondary N) is 2. The van der Waals surface area contributed by atoms with Crippen molar-refractivity contribution in [2.75, 3.05) is 5.32 Å². The molecule has 2 fully saturated rings. The number of thiazole rings is 1.